The summed E-state index contributed by atoms with van der Waals surface area (Å²) in [5.41, 5.74) is 0.675. The maximum atomic E-state index is 14.0. The fraction of sp³-hybridized carbons (Fsp3) is 0.333. The monoisotopic (exact) mass is 487 g/mol. The smallest absolute Gasteiger partial charge is 0.416 e. The Morgan fingerprint density at radius 2 is 1.60 bits per heavy atom. The maximum absolute atomic E-state index is 14.0. The number of carbonyl (C=O) groups is 2. The summed E-state index contributed by atoms with van der Waals surface area (Å²) in [4.78, 5) is 26.0. The van der Waals surface area contributed by atoms with Gasteiger partial charge in [-0.15, -0.1) is 0 Å². The van der Waals surface area contributed by atoms with Crippen molar-refractivity contribution in [3.05, 3.63) is 93.8 Å². The summed E-state index contributed by atoms with van der Waals surface area (Å²) in [6.07, 6.45) is -2.98. The molecule has 0 fully saturated rings. The summed E-state index contributed by atoms with van der Waals surface area (Å²) in [7, 11) is 1.15. The third-order valence-corrected chi connectivity index (χ3v) is 5.86. The third kappa shape index (κ3) is 5.93. The first-order valence-corrected chi connectivity index (χ1v) is 11.3. The average molecular weight is 488 g/mol. The van der Waals surface area contributed by atoms with Crippen molar-refractivity contribution in [3.8, 4) is 0 Å². The lowest BCUT2D eigenvalue weighted by atomic mass is 9.77. The van der Waals surface area contributed by atoms with Gasteiger partial charge in [-0.2, -0.15) is 13.2 Å². The van der Waals surface area contributed by atoms with Crippen LogP contribution in [0, 0.1) is 0 Å². The van der Waals surface area contributed by atoms with Gasteiger partial charge in [-0.1, -0.05) is 48.5 Å². The van der Waals surface area contributed by atoms with Gasteiger partial charge in [0.2, 0.25) is 0 Å². The molecule has 186 valence electrons. The van der Waals surface area contributed by atoms with Gasteiger partial charge in [-0.05, 0) is 50.3 Å². The van der Waals surface area contributed by atoms with Crippen LogP contribution in [-0.4, -0.2) is 25.7 Å². The van der Waals surface area contributed by atoms with Crippen molar-refractivity contribution in [1.82, 2.24) is 5.32 Å². The minimum Gasteiger partial charge on any atom is -0.466 e. The lowest BCUT2D eigenvalue weighted by Crippen LogP contribution is -2.34. The Morgan fingerprint density at radius 3 is 2.23 bits per heavy atom. The molecule has 0 saturated carbocycles. The van der Waals surface area contributed by atoms with Crippen LogP contribution in [0.25, 0.3) is 0 Å². The van der Waals surface area contributed by atoms with Gasteiger partial charge in [0.15, 0.2) is 0 Å². The van der Waals surface area contributed by atoms with Crippen LogP contribution in [0.1, 0.15) is 49.3 Å². The number of ether oxygens (including phenoxy) is 2. The number of nitrogens with one attached hydrogen (secondary N) is 1. The number of benzene rings is 2. The van der Waals surface area contributed by atoms with Crippen molar-refractivity contribution in [1.29, 1.82) is 0 Å². The van der Waals surface area contributed by atoms with Gasteiger partial charge in [0.1, 0.15) is 0 Å². The normalized spacial score (nSPS) is 16.1. The fourth-order valence-electron chi connectivity index (χ4n) is 4.36. The van der Waals surface area contributed by atoms with Gasteiger partial charge in [0, 0.05) is 11.4 Å². The molecule has 0 spiro atoms. The van der Waals surface area contributed by atoms with Crippen LogP contribution in [-0.2, 0) is 31.7 Å². The van der Waals surface area contributed by atoms with Gasteiger partial charge in [-0.3, -0.25) is 0 Å². The Labute approximate surface area is 202 Å². The van der Waals surface area contributed by atoms with Gasteiger partial charge in [-0.25, -0.2) is 9.59 Å². The first kappa shape index (κ1) is 26.1. The highest BCUT2D eigenvalue weighted by Crippen LogP contribution is 2.45. The molecule has 0 aliphatic carbocycles. The first-order chi connectivity index (χ1) is 16.7. The van der Waals surface area contributed by atoms with Crippen LogP contribution in [0.4, 0.5) is 13.2 Å². The Morgan fingerprint density at radius 1 is 0.943 bits per heavy atom. The van der Waals surface area contributed by atoms with E-state index in [9.17, 15) is 22.8 Å². The van der Waals surface area contributed by atoms with E-state index in [4.69, 9.17) is 9.47 Å². The Balaban J connectivity index is 2.15. The first-order valence-electron chi connectivity index (χ1n) is 11.3. The largest absolute Gasteiger partial charge is 0.466 e. The molecule has 1 heterocycles. The molecular formula is C27H28F3NO4. The predicted molar refractivity (Wildman–Crippen MR) is 125 cm³/mol. The highest BCUT2D eigenvalue weighted by Gasteiger charge is 2.43. The lowest BCUT2D eigenvalue weighted by Gasteiger charge is -2.32. The number of alkyl halides is 3. The van der Waals surface area contributed by atoms with Crippen LogP contribution < -0.4 is 5.32 Å². The van der Waals surface area contributed by atoms with Crippen LogP contribution in [0.5, 0.6) is 0 Å². The molecule has 3 rings (SSSR count). The van der Waals surface area contributed by atoms with E-state index in [0.717, 1.165) is 18.7 Å². The van der Waals surface area contributed by atoms with Gasteiger partial charge >= 0.3 is 18.1 Å². The summed E-state index contributed by atoms with van der Waals surface area (Å²) < 4.78 is 52.1. The molecule has 1 aliphatic rings. The second kappa shape index (κ2) is 11.3. The maximum Gasteiger partial charge on any atom is 0.416 e. The van der Waals surface area contributed by atoms with E-state index in [1.54, 1.807) is 13.8 Å². The Hall–Kier alpha value is -3.55. The fourth-order valence-corrected chi connectivity index (χ4v) is 4.36. The average Bonchev–Trinajstić information content (AvgIpc) is 2.83. The zero-order chi connectivity index (χ0) is 25.6. The number of hydrogen-bond donors (Lipinski definition) is 1. The van der Waals surface area contributed by atoms with Crippen LogP contribution >= 0.6 is 0 Å². The second-order valence-electron chi connectivity index (χ2n) is 8.13. The predicted octanol–water partition coefficient (Wildman–Crippen LogP) is 5.68. The molecule has 2 aromatic rings. The van der Waals surface area contributed by atoms with E-state index in [0.29, 0.717) is 30.7 Å². The number of halogens is 3. The molecule has 0 bridgehead atoms. The SMILES string of the molecule is CCOC(=O)C1=C(CCCc2ccccc2)NC(C)=C(C(=O)OC)C1c1ccccc1C(F)(F)F. The van der Waals surface area contributed by atoms with E-state index < -0.39 is 29.6 Å². The molecule has 5 nitrogen and oxygen atoms in total. The highest BCUT2D eigenvalue weighted by atomic mass is 19.4. The number of aryl methyl sites for hydroxylation is 1. The molecule has 1 N–H and O–H groups in total. The summed E-state index contributed by atoms with van der Waals surface area (Å²) in [5.74, 6) is -2.89. The van der Waals surface area contributed by atoms with E-state index in [1.807, 2.05) is 30.3 Å². The summed E-state index contributed by atoms with van der Waals surface area (Å²) in [6.45, 7) is 3.24. The molecule has 0 aromatic heterocycles. The molecule has 0 saturated heterocycles. The summed E-state index contributed by atoms with van der Waals surface area (Å²) in [6, 6.07) is 14.7. The molecule has 1 unspecified atom stereocenters. The molecule has 0 radical (unpaired) electrons. The minimum absolute atomic E-state index is 0.0115. The van der Waals surface area contributed by atoms with Crippen LogP contribution in [0.2, 0.25) is 0 Å². The standard InChI is InChI=1S/C27H28F3NO4/c1-4-35-26(33)24-21(16-10-13-18-11-6-5-7-12-18)31-17(2)22(25(32)34-3)23(24)19-14-8-9-15-20(19)27(28,29)30/h5-9,11-12,14-15,23,31H,4,10,13,16H2,1-3H3. The molecule has 0 amide bonds. The van der Waals surface area contributed by atoms with E-state index in [1.165, 1.54) is 18.2 Å². The van der Waals surface area contributed by atoms with Gasteiger partial charge < -0.3 is 14.8 Å². The van der Waals surface area contributed by atoms with Crippen LogP contribution in [0.15, 0.2) is 77.1 Å². The number of dihydropyridines is 1. The second-order valence-corrected chi connectivity index (χ2v) is 8.13. The number of carbonyl (C=O) groups excluding carboxylic acids is 2. The third-order valence-electron chi connectivity index (χ3n) is 5.86. The molecule has 1 aliphatic heterocycles. The number of esters is 2. The summed E-state index contributed by atoms with van der Waals surface area (Å²) >= 11 is 0. The molecular weight excluding hydrogens is 459 g/mol. The van der Waals surface area contributed by atoms with Crippen molar-refractivity contribution < 1.29 is 32.2 Å². The quantitative estimate of drug-likeness (QED) is 0.486. The molecule has 2 aromatic carbocycles. The molecule has 8 heteroatoms. The zero-order valence-electron chi connectivity index (χ0n) is 19.9. The van der Waals surface area contributed by atoms with E-state index in [-0.39, 0.29) is 23.3 Å². The zero-order valence-corrected chi connectivity index (χ0v) is 19.9. The van der Waals surface area contributed by atoms with Crippen molar-refractivity contribution in [3.63, 3.8) is 0 Å². The number of rotatable bonds is 8. The number of allylic oxidation sites excluding steroid dienone is 2. The molecule has 1 atom stereocenters. The van der Waals surface area contributed by atoms with Gasteiger partial charge in [0.05, 0.1) is 36.3 Å². The number of hydrogen-bond acceptors (Lipinski definition) is 5. The van der Waals surface area contributed by atoms with Crippen molar-refractivity contribution in [2.24, 2.45) is 0 Å². The summed E-state index contributed by atoms with van der Waals surface area (Å²) in [5, 5.41) is 3.09. The van der Waals surface area contributed by atoms with Crippen molar-refractivity contribution in [2.45, 2.75) is 45.2 Å². The highest BCUT2D eigenvalue weighted by molar-refractivity contribution is 6.00. The lowest BCUT2D eigenvalue weighted by molar-refractivity contribution is -0.141. The Kier molecular flexibility index (Phi) is 8.38. The van der Waals surface area contributed by atoms with E-state index >= 15 is 0 Å². The topological polar surface area (TPSA) is 64.6 Å². The van der Waals surface area contributed by atoms with E-state index in [2.05, 4.69) is 5.32 Å². The van der Waals surface area contributed by atoms with Crippen molar-refractivity contribution >= 4 is 11.9 Å². The van der Waals surface area contributed by atoms with Crippen molar-refractivity contribution in [2.75, 3.05) is 13.7 Å². The van der Waals surface area contributed by atoms with Crippen LogP contribution in [0.3, 0.4) is 0 Å². The molecule has 35 heavy (non-hydrogen) atoms. The minimum atomic E-state index is -4.69. The van der Waals surface area contributed by atoms with Gasteiger partial charge in [0.25, 0.3) is 0 Å². The number of methoxy groups -OCH3 is 1. The Bertz CT molecular complexity index is 1140.